The molecule has 11 nitrogen and oxygen atoms in total. The van der Waals surface area contributed by atoms with Gasteiger partial charge in [0.15, 0.2) is 0 Å². The van der Waals surface area contributed by atoms with E-state index in [1.807, 2.05) is 6.92 Å². The Kier molecular flexibility index (Phi) is 24.1. The van der Waals surface area contributed by atoms with Gasteiger partial charge in [0, 0.05) is 26.4 Å². The number of carbonyl (C=O) groups is 6. The van der Waals surface area contributed by atoms with E-state index >= 15 is 0 Å². The number of aliphatic hydroxyl groups excluding tert-OH is 1. The van der Waals surface area contributed by atoms with Crippen molar-refractivity contribution in [2.75, 3.05) is 20.6 Å². The van der Waals surface area contributed by atoms with Crippen LogP contribution < -0.4 is 16.0 Å². The number of nitrogens with one attached hydrogen (secondary N) is 3. The molecule has 1 aliphatic rings. The van der Waals surface area contributed by atoms with E-state index in [1.165, 1.54) is 14.1 Å². The summed E-state index contributed by atoms with van der Waals surface area (Å²) in [7, 11) is 2.82. The molecule has 3 atom stereocenters. The SMILES string of the molecule is CCC(C=O)C(O)C(=O)NC.CCCC=O.CNC(=O)C=O.O=C(O)[C@@H]1CCCN1. The van der Waals surface area contributed by atoms with Gasteiger partial charge in [0.2, 0.25) is 12.2 Å². The summed E-state index contributed by atoms with van der Waals surface area (Å²) in [6.45, 7) is 4.58. The molecule has 0 aliphatic carbocycles. The topological polar surface area (TPSA) is 179 Å². The lowest BCUT2D eigenvalue weighted by molar-refractivity contribution is -0.139. The number of aldehydes is 3. The summed E-state index contributed by atoms with van der Waals surface area (Å²) < 4.78 is 0. The summed E-state index contributed by atoms with van der Waals surface area (Å²) in [5.41, 5.74) is 0. The minimum Gasteiger partial charge on any atom is -0.480 e. The minimum atomic E-state index is -1.21. The van der Waals surface area contributed by atoms with Gasteiger partial charge in [0.05, 0.1) is 0 Å². The summed E-state index contributed by atoms with van der Waals surface area (Å²) in [5.74, 6) is -2.41. The lowest BCUT2D eigenvalue weighted by Gasteiger charge is -2.13. The van der Waals surface area contributed by atoms with E-state index in [1.54, 1.807) is 6.92 Å². The second-order valence-corrected chi connectivity index (χ2v) is 5.94. The number of carboxylic acid groups (broad SMARTS) is 1. The van der Waals surface area contributed by atoms with Crippen LogP contribution in [-0.2, 0) is 28.8 Å². The monoisotopic (exact) mass is 433 g/mol. The van der Waals surface area contributed by atoms with E-state index in [0.717, 1.165) is 32.1 Å². The van der Waals surface area contributed by atoms with Gasteiger partial charge in [0.25, 0.3) is 5.91 Å². The third-order valence-electron chi connectivity index (χ3n) is 3.69. The first-order valence-corrected chi connectivity index (χ1v) is 9.62. The van der Waals surface area contributed by atoms with Crippen LogP contribution in [0.4, 0.5) is 0 Å². The van der Waals surface area contributed by atoms with Crippen LogP contribution in [0, 0.1) is 5.92 Å². The van der Waals surface area contributed by atoms with Gasteiger partial charge >= 0.3 is 5.97 Å². The summed E-state index contributed by atoms with van der Waals surface area (Å²) in [6, 6.07) is -0.269. The number of aliphatic hydroxyl groups is 1. The Labute approximate surface area is 177 Å². The van der Waals surface area contributed by atoms with Gasteiger partial charge in [-0.2, -0.15) is 0 Å². The van der Waals surface area contributed by atoms with Gasteiger partial charge in [-0.25, -0.2) is 0 Å². The van der Waals surface area contributed by atoms with Crippen LogP contribution in [0.3, 0.4) is 0 Å². The normalized spacial score (nSPS) is 15.7. The van der Waals surface area contributed by atoms with Crippen LogP contribution in [0.2, 0.25) is 0 Å². The van der Waals surface area contributed by atoms with Gasteiger partial charge < -0.3 is 35.8 Å². The number of hydrogen-bond acceptors (Lipinski definition) is 8. The van der Waals surface area contributed by atoms with Crippen molar-refractivity contribution in [3.05, 3.63) is 0 Å². The molecule has 2 amide bonds. The maximum absolute atomic E-state index is 10.8. The summed E-state index contributed by atoms with van der Waals surface area (Å²) in [4.78, 5) is 59.6. The Morgan fingerprint density at radius 1 is 1.13 bits per heavy atom. The molecular formula is C19H35N3O8. The first-order valence-electron chi connectivity index (χ1n) is 9.62. The molecule has 1 aliphatic heterocycles. The van der Waals surface area contributed by atoms with Crippen molar-refractivity contribution >= 4 is 36.6 Å². The number of amides is 2. The molecule has 174 valence electrons. The number of rotatable bonds is 8. The predicted octanol–water partition coefficient (Wildman–Crippen LogP) is -0.942. The Morgan fingerprint density at radius 3 is 1.90 bits per heavy atom. The van der Waals surface area contributed by atoms with Crippen molar-refractivity contribution in [2.24, 2.45) is 5.92 Å². The van der Waals surface area contributed by atoms with E-state index in [2.05, 4.69) is 16.0 Å². The van der Waals surface area contributed by atoms with Crippen molar-refractivity contribution in [1.82, 2.24) is 16.0 Å². The molecule has 0 aromatic heterocycles. The number of hydrogen-bond donors (Lipinski definition) is 5. The first-order chi connectivity index (χ1) is 14.2. The zero-order chi connectivity index (χ0) is 23.9. The maximum Gasteiger partial charge on any atom is 0.320 e. The van der Waals surface area contributed by atoms with E-state index < -0.39 is 29.8 Å². The molecule has 0 aromatic rings. The molecule has 0 bridgehead atoms. The van der Waals surface area contributed by atoms with E-state index in [9.17, 15) is 28.8 Å². The predicted molar refractivity (Wildman–Crippen MR) is 110 cm³/mol. The average molecular weight is 434 g/mol. The number of carbonyl (C=O) groups excluding carboxylic acids is 5. The zero-order valence-corrected chi connectivity index (χ0v) is 18.1. The molecule has 1 saturated heterocycles. The largest absolute Gasteiger partial charge is 0.480 e. The molecule has 1 heterocycles. The number of aliphatic carboxylic acids is 1. The van der Waals surface area contributed by atoms with Crippen LogP contribution in [0.1, 0.15) is 46.0 Å². The molecule has 1 rings (SSSR count). The Balaban J connectivity index is -0.000000340. The molecule has 0 spiro atoms. The fourth-order valence-electron chi connectivity index (χ4n) is 1.81. The molecule has 5 N–H and O–H groups in total. The molecule has 30 heavy (non-hydrogen) atoms. The van der Waals surface area contributed by atoms with Crippen molar-refractivity contribution in [3.63, 3.8) is 0 Å². The van der Waals surface area contributed by atoms with Gasteiger partial charge in [0.1, 0.15) is 24.7 Å². The summed E-state index contributed by atoms with van der Waals surface area (Å²) in [6.07, 6.45) is 4.48. The molecular weight excluding hydrogens is 398 g/mol. The van der Waals surface area contributed by atoms with Crippen molar-refractivity contribution in [3.8, 4) is 0 Å². The van der Waals surface area contributed by atoms with Crippen LogP contribution in [0.5, 0.6) is 0 Å². The van der Waals surface area contributed by atoms with E-state index in [-0.39, 0.29) is 12.3 Å². The molecule has 1 fully saturated rings. The van der Waals surface area contributed by atoms with Gasteiger partial charge in [-0.15, -0.1) is 0 Å². The Morgan fingerprint density at radius 2 is 1.73 bits per heavy atom. The summed E-state index contributed by atoms with van der Waals surface area (Å²) in [5, 5.41) is 24.7. The quantitative estimate of drug-likeness (QED) is 0.238. The Bertz CT molecular complexity index is 508. The number of unbranched alkanes of at least 4 members (excludes halogenated alkanes) is 1. The second-order valence-electron chi connectivity index (χ2n) is 5.94. The fraction of sp³-hybridized carbons (Fsp3) is 0.684. The van der Waals surface area contributed by atoms with Crippen molar-refractivity contribution < 1.29 is 39.0 Å². The third kappa shape index (κ3) is 18.7. The number of likely N-dealkylation sites (N-methyl/N-ethyl adjacent to an activating group) is 2. The van der Waals surface area contributed by atoms with E-state index in [4.69, 9.17) is 10.2 Å². The molecule has 11 heteroatoms. The highest BCUT2D eigenvalue weighted by Gasteiger charge is 2.22. The van der Waals surface area contributed by atoms with Crippen molar-refractivity contribution in [2.45, 2.75) is 58.1 Å². The van der Waals surface area contributed by atoms with Gasteiger partial charge in [-0.1, -0.05) is 13.8 Å². The third-order valence-corrected chi connectivity index (χ3v) is 3.69. The zero-order valence-electron chi connectivity index (χ0n) is 18.1. The fourth-order valence-corrected chi connectivity index (χ4v) is 1.81. The molecule has 2 unspecified atom stereocenters. The van der Waals surface area contributed by atoms with Crippen molar-refractivity contribution in [1.29, 1.82) is 0 Å². The highest BCUT2D eigenvalue weighted by atomic mass is 16.4. The van der Waals surface area contributed by atoms with Gasteiger partial charge in [-0.05, 0) is 32.2 Å². The lowest BCUT2D eigenvalue weighted by Crippen LogP contribution is -2.37. The second kappa shape index (κ2) is 22.6. The maximum atomic E-state index is 10.8. The highest BCUT2D eigenvalue weighted by Crippen LogP contribution is 2.05. The van der Waals surface area contributed by atoms with Crippen LogP contribution in [0.25, 0.3) is 0 Å². The molecule has 0 saturated carbocycles. The summed E-state index contributed by atoms with van der Waals surface area (Å²) >= 11 is 0. The van der Waals surface area contributed by atoms with Crippen LogP contribution in [-0.4, -0.2) is 79.6 Å². The standard InChI is InChI=1S/C7H13NO3.C5H9NO2.C4H8O.C3H5NO2/c1-3-5(4-9)6(10)7(11)8-2;7-5(8)4-2-1-3-6-4;1-2-3-4-5;1-4-3(6)2-5/h4-6,10H,3H2,1-2H3,(H,8,11);4,6H,1-3H2,(H,7,8);4H,2-3H2,1H3;2H,1H3,(H,4,6)/t;4-;;/m.0../s1. The van der Waals surface area contributed by atoms with Crippen LogP contribution >= 0.6 is 0 Å². The molecule has 0 aromatic carbocycles. The Hall–Kier alpha value is -2.66. The molecule has 0 radical (unpaired) electrons. The number of carboxylic acids is 1. The highest BCUT2D eigenvalue weighted by molar-refractivity contribution is 6.23. The lowest BCUT2D eigenvalue weighted by atomic mass is 10.0. The van der Waals surface area contributed by atoms with E-state index in [0.29, 0.717) is 19.1 Å². The average Bonchev–Trinajstić information content (AvgIpc) is 3.30. The minimum absolute atomic E-state index is 0.222. The van der Waals surface area contributed by atoms with Gasteiger partial charge in [-0.3, -0.25) is 19.2 Å². The smallest absolute Gasteiger partial charge is 0.320 e. The first kappa shape index (κ1) is 32.0. The van der Waals surface area contributed by atoms with Crippen LogP contribution in [0.15, 0.2) is 0 Å².